The highest BCUT2D eigenvalue weighted by atomic mass is 16.5. The number of benzene rings is 1. The van der Waals surface area contributed by atoms with Gasteiger partial charge in [-0.05, 0) is 51.3 Å². The number of carbonyl (C=O) groups is 1. The predicted molar refractivity (Wildman–Crippen MR) is 99.1 cm³/mol. The van der Waals surface area contributed by atoms with Crippen LogP contribution < -0.4 is 10.1 Å². The number of fused-ring (bicyclic) bond motifs is 2. The molecule has 1 spiro atoms. The molecule has 1 N–H and O–H groups in total. The van der Waals surface area contributed by atoms with Crippen LogP contribution in [0.2, 0.25) is 0 Å². The quantitative estimate of drug-likeness (QED) is 0.916. The molecule has 26 heavy (non-hydrogen) atoms. The number of likely N-dealkylation sites (tertiary alicyclic amines) is 1. The SMILES string of the molecule is CC(C)Oc1cccc(CN2CCC3(CC2C)NC(=O)n2ccnc23)c1. The summed E-state index contributed by atoms with van der Waals surface area (Å²) >= 11 is 0. The standard InChI is InChI=1S/C20H26N4O2/c1-14(2)26-17-6-4-5-16(11-17)13-23-9-7-20(12-15(23)3)18-21-8-10-24(18)19(25)22-20/h4-6,8,10-11,14-15H,7,9,12-13H2,1-3H3,(H,22,25). The number of imidazole rings is 1. The van der Waals surface area contributed by atoms with Gasteiger partial charge in [-0.3, -0.25) is 9.47 Å². The summed E-state index contributed by atoms with van der Waals surface area (Å²) < 4.78 is 7.46. The van der Waals surface area contributed by atoms with E-state index in [1.807, 2.05) is 19.9 Å². The molecule has 1 aromatic carbocycles. The molecule has 2 atom stereocenters. The van der Waals surface area contributed by atoms with Gasteiger partial charge in [0.15, 0.2) is 0 Å². The summed E-state index contributed by atoms with van der Waals surface area (Å²) in [5.74, 6) is 1.78. The Kier molecular flexibility index (Phi) is 4.23. The first-order valence-corrected chi connectivity index (χ1v) is 9.33. The molecule has 1 aromatic heterocycles. The first-order chi connectivity index (χ1) is 12.5. The molecule has 2 unspecified atom stereocenters. The molecular formula is C20H26N4O2. The average Bonchev–Trinajstić information content (AvgIpc) is 3.15. The zero-order chi connectivity index (χ0) is 18.3. The summed E-state index contributed by atoms with van der Waals surface area (Å²) in [5.41, 5.74) is 0.932. The number of piperidine rings is 1. The second-order valence-corrected chi connectivity index (χ2v) is 7.72. The van der Waals surface area contributed by atoms with Crippen molar-refractivity contribution in [2.45, 2.75) is 57.8 Å². The maximum Gasteiger partial charge on any atom is 0.327 e. The zero-order valence-electron chi connectivity index (χ0n) is 15.6. The largest absolute Gasteiger partial charge is 0.491 e. The van der Waals surface area contributed by atoms with E-state index in [4.69, 9.17) is 4.74 Å². The van der Waals surface area contributed by atoms with Crippen LogP contribution in [0.3, 0.4) is 0 Å². The molecule has 2 aromatic rings. The van der Waals surface area contributed by atoms with Crippen molar-refractivity contribution in [1.82, 2.24) is 19.8 Å². The summed E-state index contributed by atoms with van der Waals surface area (Å²) in [6.45, 7) is 8.11. The molecular weight excluding hydrogens is 328 g/mol. The van der Waals surface area contributed by atoms with Crippen molar-refractivity contribution in [2.75, 3.05) is 6.54 Å². The molecule has 138 valence electrons. The van der Waals surface area contributed by atoms with Crippen LogP contribution in [0.4, 0.5) is 4.79 Å². The van der Waals surface area contributed by atoms with Crippen LogP contribution in [0, 0.1) is 0 Å². The van der Waals surface area contributed by atoms with E-state index >= 15 is 0 Å². The minimum absolute atomic E-state index is 0.0586. The van der Waals surface area contributed by atoms with Gasteiger partial charge in [-0.2, -0.15) is 0 Å². The van der Waals surface area contributed by atoms with Gasteiger partial charge in [0.25, 0.3) is 0 Å². The Hall–Kier alpha value is -2.34. The number of rotatable bonds is 4. The molecule has 0 aliphatic carbocycles. The molecule has 1 fully saturated rings. The molecule has 1 saturated heterocycles. The average molecular weight is 354 g/mol. The Bertz CT molecular complexity index is 816. The number of carbonyl (C=O) groups excluding carboxylic acids is 1. The van der Waals surface area contributed by atoms with Crippen molar-refractivity contribution in [1.29, 1.82) is 0 Å². The van der Waals surface area contributed by atoms with Crippen molar-refractivity contribution in [2.24, 2.45) is 0 Å². The molecule has 0 bridgehead atoms. The molecule has 4 rings (SSSR count). The highest BCUT2D eigenvalue weighted by Crippen LogP contribution is 2.38. The van der Waals surface area contributed by atoms with E-state index in [2.05, 4.69) is 40.3 Å². The van der Waals surface area contributed by atoms with E-state index in [0.717, 1.165) is 37.5 Å². The lowest BCUT2D eigenvalue weighted by atomic mass is 9.83. The van der Waals surface area contributed by atoms with Crippen LogP contribution in [0.25, 0.3) is 0 Å². The van der Waals surface area contributed by atoms with E-state index in [1.165, 1.54) is 5.56 Å². The van der Waals surface area contributed by atoms with Gasteiger partial charge < -0.3 is 10.1 Å². The van der Waals surface area contributed by atoms with Crippen LogP contribution in [0.15, 0.2) is 36.7 Å². The van der Waals surface area contributed by atoms with Crippen molar-refractivity contribution >= 4 is 6.03 Å². The minimum atomic E-state index is -0.320. The molecule has 6 nitrogen and oxygen atoms in total. The molecule has 0 radical (unpaired) electrons. The molecule has 6 heteroatoms. The van der Waals surface area contributed by atoms with Crippen molar-refractivity contribution in [3.63, 3.8) is 0 Å². The number of hydrogen-bond acceptors (Lipinski definition) is 4. The van der Waals surface area contributed by atoms with Gasteiger partial charge >= 0.3 is 6.03 Å². The summed E-state index contributed by atoms with van der Waals surface area (Å²) in [4.78, 5) is 19.1. The topological polar surface area (TPSA) is 59.4 Å². The number of hydrogen-bond donors (Lipinski definition) is 1. The van der Waals surface area contributed by atoms with E-state index in [9.17, 15) is 4.79 Å². The summed E-state index contributed by atoms with van der Waals surface area (Å²) in [5, 5.41) is 3.18. The highest BCUT2D eigenvalue weighted by molar-refractivity contribution is 5.81. The first-order valence-electron chi connectivity index (χ1n) is 9.33. The molecule has 0 saturated carbocycles. The van der Waals surface area contributed by atoms with Gasteiger partial charge in [0, 0.05) is 31.5 Å². The van der Waals surface area contributed by atoms with Crippen molar-refractivity contribution < 1.29 is 9.53 Å². The molecule has 1 amide bonds. The Labute approximate surface area is 154 Å². The maximum absolute atomic E-state index is 12.2. The van der Waals surface area contributed by atoms with Crippen molar-refractivity contribution in [3.8, 4) is 5.75 Å². The number of ether oxygens (including phenoxy) is 1. The first kappa shape index (κ1) is 17.1. The number of aromatic nitrogens is 2. The summed E-state index contributed by atoms with van der Waals surface area (Å²) in [6, 6.07) is 8.62. The molecule has 2 aliphatic heterocycles. The fraction of sp³-hybridized carbons (Fsp3) is 0.500. The van der Waals surface area contributed by atoms with Gasteiger partial charge in [0.05, 0.1) is 6.10 Å². The van der Waals surface area contributed by atoms with Crippen LogP contribution in [-0.4, -0.2) is 39.2 Å². The van der Waals surface area contributed by atoms with E-state index in [0.29, 0.717) is 6.04 Å². The van der Waals surface area contributed by atoms with Gasteiger partial charge in [-0.15, -0.1) is 0 Å². The third-order valence-corrected chi connectivity index (χ3v) is 5.38. The van der Waals surface area contributed by atoms with Crippen LogP contribution in [-0.2, 0) is 12.1 Å². The lowest BCUT2D eigenvalue weighted by Crippen LogP contribution is -2.52. The Morgan fingerprint density at radius 3 is 3.04 bits per heavy atom. The lowest BCUT2D eigenvalue weighted by Gasteiger charge is -2.42. The normalized spacial score (nSPS) is 25.5. The second kappa shape index (κ2) is 6.43. The van der Waals surface area contributed by atoms with Crippen LogP contribution in [0.5, 0.6) is 5.75 Å². The second-order valence-electron chi connectivity index (χ2n) is 7.72. The third-order valence-electron chi connectivity index (χ3n) is 5.38. The van der Waals surface area contributed by atoms with E-state index in [1.54, 1.807) is 17.0 Å². The van der Waals surface area contributed by atoms with Crippen LogP contribution >= 0.6 is 0 Å². The van der Waals surface area contributed by atoms with Crippen LogP contribution in [0.1, 0.15) is 45.0 Å². The Balaban J connectivity index is 1.47. The smallest absolute Gasteiger partial charge is 0.327 e. The Morgan fingerprint density at radius 2 is 2.27 bits per heavy atom. The van der Waals surface area contributed by atoms with Gasteiger partial charge in [-0.1, -0.05) is 12.1 Å². The van der Waals surface area contributed by atoms with Gasteiger partial charge in [-0.25, -0.2) is 9.78 Å². The van der Waals surface area contributed by atoms with Gasteiger partial charge in [0.1, 0.15) is 17.1 Å². The lowest BCUT2D eigenvalue weighted by molar-refractivity contribution is 0.0853. The van der Waals surface area contributed by atoms with Crippen molar-refractivity contribution in [3.05, 3.63) is 48.0 Å². The summed E-state index contributed by atoms with van der Waals surface area (Å²) in [7, 11) is 0. The number of amides is 1. The van der Waals surface area contributed by atoms with E-state index in [-0.39, 0.29) is 17.7 Å². The third kappa shape index (κ3) is 2.98. The summed E-state index contributed by atoms with van der Waals surface area (Å²) in [6.07, 6.45) is 5.39. The van der Waals surface area contributed by atoms with E-state index < -0.39 is 0 Å². The number of nitrogens with one attached hydrogen (secondary N) is 1. The Morgan fingerprint density at radius 1 is 1.42 bits per heavy atom. The molecule has 3 heterocycles. The predicted octanol–water partition coefficient (Wildman–Crippen LogP) is 3.12. The fourth-order valence-corrected chi connectivity index (χ4v) is 4.21. The monoisotopic (exact) mass is 354 g/mol. The highest BCUT2D eigenvalue weighted by Gasteiger charge is 2.48. The zero-order valence-corrected chi connectivity index (χ0v) is 15.6. The van der Waals surface area contributed by atoms with Gasteiger partial charge in [0.2, 0.25) is 0 Å². The maximum atomic E-state index is 12.2. The minimum Gasteiger partial charge on any atom is -0.491 e. The molecule has 2 aliphatic rings. The fourth-order valence-electron chi connectivity index (χ4n) is 4.21. The number of nitrogens with zero attached hydrogens (tertiary/aromatic N) is 3.